The van der Waals surface area contributed by atoms with Gasteiger partial charge in [0, 0.05) is 26.2 Å². The second-order valence-corrected chi connectivity index (χ2v) is 3.80. The Morgan fingerprint density at radius 2 is 2.14 bits per heavy atom. The van der Waals surface area contributed by atoms with Gasteiger partial charge in [0.15, 0.2) is 0 Å². The highest BCUT2D eigenvalue weighted by Gasteiger charge is 2.18. The minimum absolute atomic E-state index is 0.461. The van der Waals surface area contributed by atoms with E-state index in [0.29, 0.717) is 6.10 Å². The zero-order valence-electron chi connectivity index (χ0n) is 8.95. The van der Waals surface area contributed by atoms with Gasteiger partial charge in [-0.25, -0.2) is 0 Å². The summed E-state index contributed by atoms with van der Waals surface area (Å²) in [5, 5.41) is 0. The van der Waals surface area contributed by atoms with Gasteiger partial charge < -0.3 is 10.5 Å². The van der Waals surface area contributed by atoms with E-state index in [1.807, 2.05) is 6.08 Å². The molecule has 2 N–H and O–H groups in total. The third-order valence-corrected chi connectivity index (χ3v) is 2.62. The molecule has 0 aromatic heterocycles. The van der Waals surface area contributed by atoms with Gasteiger partial charge in [0.2, 0.25) is 0 Å². The van der Waals surface area contributed by atoms with Crippen LogP contribution in [0.1, 0.15) is 19.3 Å². The molecule has 82 valence electrons. The van der Waals surface area contributed by atoms with Crippen LogP contribution in [0.5, 0.6) is 0 Å². The first-order valence-corrected chi connectivity index (χ1v) is 5.51. The third kappa shape index (κ3) is 4.22. The maximum atomic E-state index is 5.72. The fourth-order valence-corrected chi connectivity index (χ4v) is 1.77. The Bertz CT molecular complexity index is 153. The van der Waals surface area contributed by atoms with Crippen LogP contribution in [0.15, 0.2) is 12.7 Å². The highest BCUT2D eigenvalue weighted by atomic mass is 16.5. The molecule has 1 rings (SSSR count). The number of ether oxygens (including phenoxy) is 1. The second-order valence-electron chi connectivity index (χ2n) is 3.80. The van der Waals surface area contributed by atoms with E-state index in [-0.39, 0.29) is 0 Å². The zero-order chi connectivity index (χ0) is 10.2. The molecule has 3 heteroatoms. The summed E-state index contributed by atoms with van der Waals surface area (Å²) < 4.78 is 5.72. The predicted molar refractivity (Wildman–Crippen MR) is 59.3 cm³/mol. The molecule has 0 spiro atoms. The van der Waals surface area contributed by atoms with E-state index in [2.05, 4.69) is 11.5 Å². The van der Waals surface area contributed by atoms with Crippen molar-refractivity contribution in [2.45, 2.75) is 25.4 Å². The van der Waals surface area contributed by atoms with Crippen LogP contribution >= 0.6 is 0 Å². The molecule has 0 bridgehead atoms. The fourth-order valence-electron chi connectivity index (χ4n) is 1.77. The van der Waals surface area contributed by atoms with Gasteiger partial charge in [-0.3, -0.25) is 4.90 Å². The average Bonchev–Trinajstić information content (AvgIpc) is 2.21. The highest BCUT2D eigenvalue weighted by molar-refractivity contribution is 4.78. The molecule has 1 heterocycles. The summed E-state index contributed by atoms with van der Waals surface area (Å²) in [5.41, 5.74) is 5.41. The van der Waals surface area contributed by atoms with Gasteiger partial charge >= 0.3 is 0 Å². The van der Waals surface area contributed by atoms with Crippen molar-refractivity contribution >= 4 is 0 Å². The summed E-state index contributed by atoms with van der Waals surface area (Å²) in [7, 11) is 0. The van der Waals surface area contributed by atoms with E-state index in [0.717, 1.165) is 52.0 Å². The Labute approximate surface area is 86.9 Å². The van der Waals surface area contributed by atoms with Gasteiger partial charge in [-0.1, -0.05) is 6.08 Å². The van der Waals surface area contributed by atoms with Crippen molar-refractivity contribution in [1.29, 1.82) is 0 Å². The molecule has 1 fully saturated rings. The lowest BCUT2D eigenvalue weighted by atomic mass is 10.1. The first-order valence-electron chi connectivity index (χ1n) is 5.51. The Morgan fingerprint density at radius 3 is 2.71 bits per heavy atom. The zero-order valence-corrected chi connectivity index (χ0v) is 8.95. The Hall–Kier alpha value is -0.380. The Balaban J connectivity index is 2.06. The van der Waals surface area contributed by atoms with Crippen molar-refractivity contribution in [3.05, 3.63) is 12.7 Å². The van der Waals surface area contributed by atoms with Crippen LogP contribution in [0.3, 0.4) is 0 Å². The minimum atomic E-state index is 0.461. The van der Waals surface area contributed by atoms with Gasteiger partial charge in [-0.15, -0.1) is 6.58 Å². The van der Waals surface area contributed by atoms with Crippen LogP contribution in [0.4, 0.5) is 0 Å². The summed E-state index contributed by atoms with van der Waals surface area (Å²) in [5.74, 6) is 0. The highest BCUT2D eigenvalue weighted by Crippen LogP contribution is 2.13. The molecule has 1 saturated heterocycles. The number of likely N-dealkylation sites (tertiary alicyclic amines) is 1. The van der Waals surface area contributed by atoms with Crippen LogP contribution < -0.4 is 5.73 Å². The number of nitrogens with zero attached hydrogens (tertiary/aromatic N) is 1. The smallest absolute Gasteiger partial charge is 0.0599 e. The van der Waals surface area contributed by atoms with Crippen molar-refractivity contribution in [2.75, 3.05) is 32.8 Å². The molecule has 1 aliphatic rings. The second kappa shape index (κ2) is 6.98. The normalized spacial score (nSPS) is 19.8. The fraction of sp³-hybridized carbons (Fsp3) is 0.818. The summed E-state index contributed by atoms with van der Waals surface area (Å²) >= 11 is 0. The molecular formula is C11H22N2O. The number of nitrogens with two attached hydrogens (primary N) is 1. The van der Waals surface area contributed by atoms with E-state index in [1.165, 1.54) is 0 Å². The molecule has 0 amide bonds. The lowest BCUT2D eigenvalue weighted by Gasteiger charge is -2.31. The molecule has 3 nitrogen and oxygen atoms in total. The van der Waals surface area contributed by atoms with Crippen LogP contribution in [0.25, 0.3) is 0 Å². The predicted octanol–water partition coefficient (Wildman–Crippen LogP) is 1.00. The average molecular weight is 198 g/mol. The number of hydrogen-bond donors (Lipinski definition) is 1. The van der Waals surface area contributed by atoms with E-state index < -0.39 is 0 Å². The quantitative estimate of drug-likeness (QED) is 0.511. The molecule has 0 saturated carbocycles. The standard InChI is InChI=1S/C11H22N2O/c1-2-7-13-8-4-11(5-9-13)14-10-3-6-12/h2,11H,1,3-10,12H2. The van der Waals surface area contributed by atoms with Crippen LogP contribution in [-0.2, 0) is 4.74 Å². The lowest BCUT2D eigenvalue weighted by Crippen LogP contribution is -2.37. The number of piperidine rings is 1. The van der Waals surface area contributed by atoms with Crippen molar-refractivity contribution < 1.29 is 4.74 Å². The molecule has 0 aromatic rings. The molecule has 0 aliphatic carbocycles. The summed E-state index contributed by atoms with van der Waals surface area (Å²) in [6.07, 6.45) is 5.71. The van der Waals surface area contributed by atoms with Crippen molar-refractivity contribution in [3.8, 4) is 0 Å². The minimum Gasteiger partial charge on any atom is -0.378 e. The van der Waals surface area contributed by atoms with Gasteiger partial charge in [0.05, 0.1) is 6.10 Å². The summed E-state index contributed by atoms with van der Waals surface area (Å²) in [6.45, 7) is 8.59. The van der Waals surface area contributed by atoms with Gasteiger partial charge in [0.25, 0.3) is 0 Å². The van der Waals surface area contributed by atoms with Crippen LogP contribution in [0.2, 0.25) is 0 Å². The molecule has 14 heavy (non-hydrogen) atoms. The number of rotatable bonds is 6. The van der Waals surface area contributed by atoms with Crippen molar-refractivity contribution in [3.63, 3.8) is 0 Å². The van der Waals surface area contributed by atoms with E-state index in [1.54, 1.807) is 0 Å². The monoisotopic (exact) mass is 198 g/mol. The van der Waals surface area contributed by atoms with Crippen molar-refractivity contribution in [2.24, 2.45) is 5.73 Å². The third-order valence-electron chi connectivity index (χ3n) is 2.62. The maximum Gasteiger partial charge on any atom is 0.0599 e. The first kappa shape index (κ1) is 11.7. The summed E-state index contributed by atoms with van der Waals surface area (Å²) in [6, 6.07) is 0. The SMILES string of the molecule is C=CCN1CCC(OCCCN)CC1. The molecule has 1 aliphatic heterocycles. The van der Waals surface area contributed by atoms with E-state index in [9.17, 15) is 0 Å². The topological polar surface area (TPSA) is 38.5 Å². The van der Waals surface area contributed by atoms with E-state index in [4.69, 9.17) is 10.5 Å². The Kier molecular flexibility index (Phi) is 5.83. The summed E-state index contributed by atoms with van der Waals surface area (Å²) in [4.78, 5) is 2.41. The van der Waals surface area contributed by atoms with Crippen LogP contribution in [-0.4, -0.2) is 43.8 Å². The van der Waals surface area contributed by atoms with Crippen LogP contribution in [0, 0.1) is 0 Å². The molecule has 0 unspecified atom stereocenters. The first-order chi connectivity index (χ1) is 6.86. The molecule has 0 radical (unpaired) electrons. The molecule has 0 atom stereocenters. The van der Waals surface area contributed by atoms with Gasteiger partial charge in [-0.05, 0) is 25.8 Å². The van der Waals surface area contributed by atoms with Crippen molar-refractivity contribution in [1.82, 2.24) is 4.90 Å². The van der Waals surface area contributed by atoms with E-state index >= 15 is 0 Å². The number of hydrogen-bond acceptors (Lipinski definition) is 3. The van der Waals surface area contributed by atoms with Gasteiger partial charge in [-0.2, -0.15) is 0 Å². The largest absolute Gasteiger partial charge is 0.378 e. The Morgan fingerprint density at radius 1 is 1.43 bits per heavy atom. The molecular weight excluding hydrogens is 176 g/mol. The van der Waals surface area contributed by atoms with Gasteiger partial charge in [0.1, 0.15) is 0 Å². The maximum absolute atomic E-state index is 5.72. The lowest BCUT2D eigenvalue weighted by molar-refractivity contribution is 0.00953. The molecule has 0 aromatic carbocycles.